The SMILES string of the molecule is CC[Si](CC)(CC)OC12CC3CC(CC(C3)C1)C2. The lowest BCUT2D eigenvalue weighted by atomic mass is 9.54. The Balaban J connectivity index is 1.79. The molecule has 1 nitrogen and oxygen atoms in total. The van der Waals surface area contributed by atoms with E-state index in [1.54, 1.807) is 0 Å². The standard InChI is InChI=1S/C16H30OSi/c1-4-18(5-2,6-3)17-16-10-13-7-14(11-16)9-15(8-13)12-16/h13-15H,4-12H2,1-3H3. The molecule has 0 atom stereocenters. The van der Waals surface area contributed by atoms with Gasteiger partial charge in [-0.15, -0.1) is 0 Å². The van der Waals surface area contributed by atoms with Crippen LogP contribution in [0.15, 0.2) is 0 Å². The monoisotopic (exact) mass is 266 g/mol. The summed E-state index contributed by atoms with van der Waals surface area (Å²) < 4.78 is 7.02. The highest BCUT2D eigenvalue weighted by atomic mass is 28.4. The number of hydrogen-bond donors (Lipinski definition) is 0. The zero-order valence-corrected chi connectivity index (χ0v) is 13.5. The van der Waals surface area contributed by atoms with E-state index in [-0.39, 0.29) is 0 Å². The van der Waals surface area contributed by atoms with E-state index in [4.69, 9.17) is 4.43 Å². The molecule has 4 aliphatic rings. The molecular weight excluding hydrogens is 236 g/mol. The summed E-state index contributed by atoms with van der Waals surface area (Å²) in [6.07, 6.45) is 8.82. The second-order valence-corrected chi connectivity index (χ2v) is 12.1. The molecule has 0 aromatic heterocycles. The maximum atomic E-state index is 7.02. The van der Waals surface area contributed by atoms with Crippen LogP contribution in [0.1, 0.15) is 59.3 Å². The van der Waals surface area contributed by atoms with Crippen LogP contribution in [0.4, 0.5) is 0 Å². The van der Waals surface area contributed by atoms with Gasteiger partial charge in [0.1, 0.15) is 0 Å². The second kappa shape index (κ2) is 4.62. The fourth-order valence-electron chi connectivity index (χ4n) is 5.58. The molecule has 4 aliphatic carbocycles. The van der Waals surface area contributed by atoms with Gasteiger partial charge in [0.05, 0.1) is 5.60 Å². The van der Waals surface area contributed by atoms with Gasteiger partial charge < -0.3 is 4.43 Å². The highest BCUT2D eigenvalue weighted by molar-refractivity contribution is 6.73. The zero-order chi connectivity index (χ0) is 12.8. The molecule has 0 saturated heterocycles. The molecule has 0 spiro atoms. The topological polar surface area (TPSA) is 9.23 Å². The maximum absolute atomic E-state index is 7.02. The van der Waals surface area contributed by atoms with Crippen molar-refractivity contribution in [1.29, 1.82) is 0 Å². The Kier molecular flexibility index (Phi) is 3.38. The van der Waals surface area contributed by atoms with Gasteiger partial charge in [-0.05, 0) is 74.4 Å². The molecule has 0 amide bonds. The molecule has 0 aliphatic heterocycles. The van der Waals surface area contributed by atoms with Crippen molar-refractivity contribution in [2.75, 3.05) is 0 Å². The van der Waals surface area contributed by atoms with Crippen LogP contribution in [0.3, 0.4) is 0 Å². The van der Waals surface area contributed by atoms with Gasteiger partial charge in [-0.25, -0.2) is 0 Å². The van der Waals surface area contributed by atoms with Gasteiger partial charge in [0.15, 0.2) is 8.32 Å². The maximum Gasteiger partial charge on any atom is 0.192 e. The molecule has 0 aromatic carbocycles. The average Bonchev–Trinajstić information content (AvgIpc) is 2.34. The largest absolute Gasteiger partial charge is 0.411 e. The van der Waals surface area contributed by atoms with Crippen LogP contribution in [0.5, 0.6) is 0 Å². The summed E-state index contributed by atoms with van der Waals surface area (Å²) in [5.74, 6) is 3.07. The van der Waals surface area contributed by atoms with E-state index in [2.05, 4.69) is 20.8 Å². The van der Waals surface area contributed by atoms with E-state index in [1.807, 2.05) is 0 Å². The first kappa shape index (κ1) is 13.2. The third kappa shape index (κ3) is 2.09. The Morgan fingerprint density at radius 1 is 0.833 bits per heavy atom. The van der Waals surface area contributed by atoms with E-state index < -0.39 is 8.32 Å². The summed E-state index contributed by atoms with van der Waals surface area (Å²) in [5.41, 5.74) is 0.350. The molecule has 4 rings (SSSR count). The molecule has 2 heteroatoms. The van der Waals surface area contributed by atoms with E-state index in [0.717, 1.165) is 17.8 Å². The lowest BCUT2D eigenvalue weighted by Crippen LogP contribution is -2.57. The number of rotatable bonds is 5. The highest BCUT2D eigenvalue weighted by Gasteiger charge is 2.53. The smallest absolute Gasteiger partial charge is 0.192 e. The van der Waals surface area contributed by atoms with Crippen molar-refractivity contribution in [2.24, 2.45) is 17.8 Å². The van der Waals surface area contributed by atoms with Gasteiger partial charge in [-0.3, -0.25) is 0 Å². The molecule has 0 unspecified atom stereocenters. The van der Waals surface area contributed by atoms with E-state index in [1.165, 1.54) is 56.7 Å². The predicted octanol–water partition coefficient (Wildman–Crippen LogP) is 4.98. The Bertz CT molecular complexity index is 265. The van der Waals surface area contributed by atoms with Crippen molar-refractivity contribution in [3.8, 4) is 0 Å². The summed E-state index contributed by atoms with van der Waals surface area (Å²) in [5, 5.41) is 0. The van der Waals surface area contributed by atoms with Crippen LogP contribution in [0.2, 0.25) is 18.1 Å². The molecule has 0 aromatic rings. The first-order chi connectivity index (χ1) is 8.62. The molecule has 0 radical (unpaired) electrons. The second-order valence-electron chi connectivity index (χ2n) is 7.45. The molecular formula is C16H30OSi. The lowest BCUT2D eigenvalue weighted by molar-refractivity contribution is -0.114. The summed E-state index contributed by atoms with van der Waals surface area (Å²) in [7, 11) is -1.40. The van der Waals surface area contributed by atoms with Crippen molar-refractivity contribution in [3.63, 3.8) is 0 Å². The third-order valence-corrected chi connectivity index (χ3v) is 11.1. The summed E-state index contributed by atoms with van der Waals surface area (Å²) in [6.45, 7) is 7.12. The van der Waals surface area contributed by atoms with Crippen molar-refractivity contribution in [1.82, 2.24) is 0 Å². The van der Waals surface area contributed by atoms with Crippen LogP contribution in [-0.2, 0) is 4.43 Å². The van der Waals surface area contributed by atoms with E-state index >= 15 is 0 Å². The fourth-order valence-corrected chi connectivity index (χ4v) is 8.68. The third-order valence-electron chi connectivity index (χ3n) is 6.35. The van der Waals surface area contributed by atoms with Gasteiger partial charge in [0.2, 0.25) is 0 Å². The Morgan fingerprint density at radius 2 is 1.22 bits per heavy atom. The van der Waals surface area contributed by atoms with Gasteiger partial charge in [0, 0.05) is 0 Å². The molecule has 18 heavy (non-hydrogen) atoms. The fraction of sp³-hybridized carbons (Fsp3) is 1.00. The van der Waals surface area contributed by atoms with Gasteiger partial charge in [0.25, 0.3) is 0 Å². The molecule has 104 valence electrons. The Labute approximate surface area is 114 Å². The molecule has 0 heterocycles. The molecule has 4 saturated carbocycles. The van der Waals surface area contributed by atoms with Crippen LogP contribution in [-0.4, -0.2) is 13.9 Å². The first-order valence-electron chi connectivity index (χ1n) is 8.33. The van der Waals surface area contributed by atoms with Crippen LogP contribution in [0.25, 0.3) is 0 Å². The van der Waals surface area contributed by atoms with Crippen molar-refractivity contribution >= 4 is 8.32 Å². The van der Waals surface area contributed by atoms with E-state index in [0.29, 0.717) is 5.60 Å². The van der Waals surface area contributed by atoms with Gasteiger partial charge in [-0.1, -0.05) is 20.8 Å². The van der Waals surface area contributed by atoms with Crippen molar-refractivity contribution in [3.05, 3.63) is 0 Å². The van der Waals surface area contributed by atoms with E-state index in [9.17, 15) is 0 Å². The van der Waals surface area contributed by atoms with Gasteiger partial charge >= 0.3 is 0 Å². The van der Waals surface area contributed by atoms with Crippen LogP contribution >= 0.6 is 0 Å². The van der Waals surface area contributed by atoms with Crippen LogP contribution < -0.4 is 0 Å². The highest BCUT2D eigenvalue weighted by Crippen LogP contribution is 2.58. The predicted molar refractivity (Wildman–Crippen MR) is 79.2 cm³/mol. The normalized spacial score (nSPS) is 42.5. The van der Waals surface area contributed by atoms with Crippen LogP contribution in [0, 0.1) is 17.8 Å². The van der Waals surface area contributed by atoms with Crippen molar-refractivity contribution in [2.45, 2.75) is 83.0 Å². The molecule has 0 N–H and O–H groups in total. The quantitative estimate of drug-likeness (QED) is 0.638. The first-order valence-corrected chi connectivity index (χ1v) is 10.9. The number of hydrogen-bond acceptors (Lipinski definition) is 1. The van der Waals surface area contributed by atoms with Crippen molar-refractivity contribution < 1.29 is 4.43 Å². The Morgan fingerprint density at radius 3 is 1.56 bits per heavy atom. The molecule has 4 bridgehead atoms. The minimum Gasteiger partial charge on any atom is -0.411 e. The Hall–Kier alpha value is 0.177. The summed E-state index contributed by atoms with van der Waals surface area (Å²) in [6, 6.07) is 3.96. The summed E-state index contributed by atoms with van der Waals surface area (Å²) in [4.78, 5) is 0. The van der Waals surface area contributed by atoms with Gasteiger partial charge in [-0.2, -0.15) is 0 Å². The summed E-state index contributed by atoms with van der Waals surface area (Å²) >= 11 is 0. The minimum atomic E-state index is -1.40. The average molecular weight is 267 g/mol. The molecule has 4 fully saturated rings. The zero-order valence-electron chi connectivity index (χ0n) is 12.5. The lowest BCUT2D eigenvalue weighted by Gasteiger charge is -2.58. The minimum absolute atomic E-state index is 0.350.